The average molecular weight is 573 g/mol. The Morgan fingerprint density at radius 3 is 1.75 bits per heavy atom. The first-order valence-corrected chi connectivity index (χ1v) is 11.0. The van der Waals surface area contributed by atoms with Gasteiger partial charge in [0.2, 0.25) is 0 Å². The van der Waals surface area contributed by atoms with Gasteiger partial charge in [-0.25, -0.2) is 13.2 Å². The van der Waals surface area contributed by atoms with Crippen LogP contribution in [-0.2, 0) is 5.67 Å². The standard InChI is InChI=1S/C26H16F9N3O2/c1-12-8-15(24(29,25(30,31)32)26(33,34)35)9-13(2)20(12)37-23(40)16-10-18(27)17(11-36)21(19(16)28)38-22(39)14-6-4-3-5-7-14/h3-10H,1-2H3,(H,37,40)(H,38,39). The van der Waals surface area contributed by atoms with Gasteiger partial charge in [-0.15, -0.1) is 0 Å². The number of halogens is 9. The van der Waals surface area contributed by atoms with Crippen LogP contribution in [0.15, 0.2) is 48.5 Å². The fourth-order valence-corrected chi connectivity index (χ4v) is 3.82. The molecule has 2 amide bonds. The molecule has 0 atom stereocenters. The van der Waals surface area contributed by atoms with E-state index in [1.54, 1.807) is 6.07 Å². The first-order valence-electron chi connectivity index (χ1n) is 11.0. The summed E-state index contributed by atoms with van der Waals surface area (Å²) in [6.07, 6.45) is -12.8. The lowest BCUT2D eigenvalue weighted by molar-refractivity contribution is -0.348. The van der Waals surface area contributed by atoms with Gasteiger partial charge in [0, 0.05) is 16.8 Å². The number of benzene rings is 3. The molecule has 0 bridgehead atoms. The maximum Gasteiger partial charge on any atom is 0.435 e. The lowest BCUT2D eigenvalue weighted by Crippen LogP contribution is -2.50. The molecule has 0 aliphatic rings. The molecule has 3 aromatic rings. The molecule has 2 N–H and O–H groups in total. The molecule has 0 heterocycles. The van der Waals surface area contributed by atoms with E-state index < -0.39 is 80.7 Å². The predicted octanol–water partition coefficient (Wildman–Crippen LogP) is 7.25. The second-order valence-electron chi connectivity index (χ2n) is 8.50. The number of alkyl halides is 7. The first-order chi connectivity index (χ1) is 18.4. The van der Waals surface area contributed by atoms with E-state index in [0.717, 1.165) is 13.8 Å². The zero-order chi connectivity index (χ0) is 30.2. The lowest BCUT2D eigenvalue weighted by Gasteiger charge is -2.31. The first kappa shape index (κ1) is 30.0. The molecule has 0 saturated heterocycles. The summed E-state index contributed by atoms with van der Waals surface area (Å²) in [5.41, 5.74) is -11.9. The van der Waals surface area contributed by atoms with Crippen molar-refractivity contribution in [1.82, 2.24) is 0 Å². The summed E-state index contributed by atoms with van der Waals surface area (Å²) in [4.78, 5) is 25.3. The number of rotatable bonds is 5. The number of hydrogen-bond donors (Lipinski definition) is 2. The minimum atomic E-state index is -6.38. The van der Waals surface area contributed by atoms with Crippen LogP contribution < -0.4 is 10.6 Å². The van der Waals surface area contributed by atoms with Crippen molar-refractivity contribution in [3.05, 3.63) is 93.5 Å². The fourth-order valence-electron chi connectivity index (χ4n) is 3.82. The van der Waals surface area contributed by atoms with Gasteiger partial charge in [0.15, 0.2) is 5.82 Å². The highest BCUT2D eigenvalue weighted by Crippen LogP contribution is 2.53. The van der Waals surface area contributed by atoms with Gasteiger partial charge in [0.05, 0.1) is 11.3 Å². The van der Waals surface area contributed by atoms with E-state index in [4.69, 9.17) is 0 Å². The van der Waals surface area contributed by atoms with Gasteiger partial charge >= 0.3 is 18.0 Å². The molecule has 3 aromatic carbocycles. The number of anilines is 2. The Labute approximate surface area is 220 Å². The summed E-state index contributed by atoms with van der Waals surface area (Å²) >= 11 is 0. The van der Waals surface area contributed by atoms with Gasteiger partial charge in [0.25, 0.3) is 11.8 Å². The Balaban J connectivity index is 2.04. The number of nitrogens with zero attached hydrogens (tertiary/aromatic N) is 1. The molecule has 210 valence electrons. The van der Waals surface area contributed by atoms with E-state index in [2.05, 4.69) is 0 Å². The van der Waals surface area contributed by atoms with Gasteiger partial charge in [-0.1, -0.05) is 30.3 Å². The second-order valence-corrected chi connectivity index (χ2v) is 8.50. The number of carbonyl (C=O) groups excluding carboxylic acids is 2. The molecule has 0 spiro atoms. The third-order valence-electron chi connectivity index (χ3n) is 5.80. The van der Waals surface area contributed by atoms with Crippen LogP contribution in [0.25, 0.3) is 0 Å². The van der Waals surface area contributed by atoms with Gasteiger partial charge in [-0.3, -0.25) is 9.59 Å². The van der Waals surface area contributed by atoms with Crippen LogP contribution in [0, 0.1) is 36.8 Å². The topological polar surface area (TPSA) is 82.0 Å². The maximum atomic E-state index is 15.3. The average Bonchev–Trinajstić information content (AvgIpc) is 2.86. The molecule has 0 radical (unpaired) electrons. The summed E-state index contributed by atoms with van der Waals surface area (Å²) in [7, 11) is 0. The largest absolute Gasteiger partial charge is 0.435 e. The van der Waals surface area contributed by atoms with Crippen molar-refractivity contribution in [2.24, 2.45) is 0 Å². The summed E-state index contributed by atoms with van der Waals surface area (Å²) < 4.78 is 123. The Hall–Kier alpha value is -4.54. The molecule has 3 rings (SSSR count). The Morgan fingerprint density at radius 1 is 0.775 bits per heavy atom. The van der Waals surface area contributed by atoms with Gasteiger partial charge in [-0.2, -0.15) is 31.6 Å². The molecule has 5 nitrogen and oxygen atoms in total. The van der Waals surface area contributed by atoms with Gasteiger partial charge in [-0.05, 0) is 43.2 Å². The van der Waals surface area contributed by atoms with E-state index in [9.17, 15) is 50.0 Å². The molecular formula is C26H16F9N3O2. The molecule has 0 aromatic heterocycles. The summed E-state index contributed by atoms with van der Waals surface area (Å²) in [6.45, 7) is 1.92. The van der Waals surface area contributed by atoms with Crippen molar-refractivity contribution >= 4 is 23.2 Å². The van der Waals surface area contributed by atoms with Crippen molar-refractivity contribution in [1.29, 1.82) is 5.26 Å². The van der Waals surface area contributed by atoms with E-state index in [-0.39, 0.29) is 17.7 Å². The predicted molar refractivity (Wildman–Crippen MR) is 124 cm³/mol. The highest BCUT2D eigenvalue weighted by molar-refractivity contribution is 6.08. The SMILES string of the molecule is Cc1cc(C(F)(C(F)(F)F)C(F)(F)F)cc(C)c1NC(=O)c1cc(F)c(C#N)c(NC(=O)c2ccccc2)c1F. The molecule has 0 aliphatic carbocycles. The minimum absolute atomic E-state index is 0.00551. The Bertz CT molecular complexity index is 1490. The van der Waals surface area contributed by atoms with Crippen molar-refractivity contribution in [2.45, 2.75) is 31.9 Å². The molecular weight excluding hydrogens is 557 g/mol. The van der Waals surface area contributed by atoms with Crippen molar-refractivity contribution < 1.29 is 49.1 Å². The highest BCUT2D eigenvalue weighted by Gasteiger charge is 2.73. The third-order valence-corrected chi connectivity index (χ3v) is 5.80. The monoisotopic (exact) mass is 573 g/mol. The molecule has 0 fully saturated rings. The number of nitrogens with one attached hydrogen (secondary N) is 2. The number of nitriles is 1. The van der Waals surface area contributed by atoms with Crippen LogP contribution in [0.2, 0.25) is 0 Å². The number of hydrogen-bond acceptors (Lipinski definition) is 3. The van der Waals surface area contributed by atoms with Crippen LogP contribution in [0.4, 0.5) is 50.9 Å². The van der Waals surface area contributed by atoms with Gasteiger partial charge in [0.1, 0.15) is 17.4 Å². The molecule has 40 heavy (non-hydrogen) atoms. The van der Waals surface area contributed by atoms with E-state index >= 15 is 4.39 Å². The van der Waals surface area contributed by atoms with Crippen LogP contribution in [0.1, 0.15) is 43.0 Å². The lowest BCUT2D eigenvalue weighted by atomic mass is 9.90. The smallest absolute Gasteiger partial charge is 0.321 e. The summed E-state index contributed by atoms with van der Waals surface area (Å²) in [6, 6.07) is 9.25. The van der Waals surface area contributed by atoms with Crippen molar-refractivity contribution in [2.75, 3.05) is 10.6 Å². The summed E-state index contributed by atoms with van der Waals surface area (Å²) in [5, 5.41) is 13.3. The van der Waals surface area contributed by atoms with Crippen LogP contribution >= 0.6 is 0 Å². The van der Waals surface area contributed by atoms with E-state index in [1.807, 2.05) is 10.6 Å². The van der Waals surface area contributed by atoms with Crippen molar-refractivity contribution in [3.63, 3.8) is 0 Å². The normalized spacial score (nSPS) is 12.1. The zero-order valence-electron chi connectivity index (χ0n) is 20.3. The fraction of sp³-hybridized carbons (Fsp3) is 0.192. The number of amides is 2. The maximum absolute atomic E-state index is 15.3. The van der Waals surface area contributed by atoms with E-state index in [0.29, 0.717) is 6.07 Å². The Morgan fingerprint density at radius 2 is 1.27 bits per heavy atom. The number of carbonyl (C=O) groups is 2. The minimum Gasteiger partial charge on any atom is -0.321 e. The molecule has 14 heteroatoms. The van der Waals surface area contributed by atoms with Crippen LogP contribution in [0.5, 0.6) is 0 Å². The number of aryl methyl sites for hydroxylation is 2. The highest BCUT2D eigenvalue weighted by atomic mass is 19.4. The molecule has 0 aliphatic heterocycles. The molecule has 0 unspecified atom stereocenters. The second kappa shape index (κ2) is 10.6. The molecule has 0 saturated carbocycles. The van der Waals surface area contributed by atoms with Crippen LogP contribution in [0.3, 0.4) is 0 Å². The van der Waals surface area contributed by atoms with Crippen molar-refractivity contribution in [3.8, 4) is 6.07 Å². The quantitative estimate of drug-likeness (QED) is 0.316. The van der Waals surface area contributed by atoms with E-state index in [1.165, 1.54) is 30.3 Å². The summed E-state index contributed by atoms with van der Waals surface area (Å²) in [5.74, 6) is -5.37. The third kappa shape index (κ3) is 5.31. The zero-order valence-corrected chi connectivity index (χ0v) is 20.3. The van der Waals surface area contributed by atoms with Gasteiger partial charge < -0.3 is 10.6 Å². The Kier molecular flexibility index (Phi) is 7.92. The van der Waals surface area contributed by atoms with Crippen LogP contribution in [-0.4, -0.2) is 24.2 Å².